The highest BCUT2D eigenvalue weighted by atomic mass is 16.6. The maximum atomic E-state index is 11.9. The van der Waals surface area contributed by atoms with Gasteiger partial charge in [0.15, 0.2) is 11.5 Å². The lowest BCUT2D eigenvalue weighted by Crippen LogP contribution is -2.05. The third-order valence-electron chi connectivity index (χ3n) is 2.89. The third-order valence-corrected chi connectivity index (χ3v) is 2.89. The molecule has 2 aromatic carbocycles. The van der Waals surface area contributed by atoms with Crippen LogP contribution < -0.4 is 9.47 Å². The molecular formula is C17H15NO5. The van der Waals surface area contributed by atoms with Crippen LogP contribution >= 0.6 is 0 Å². The molecule has 0 spiro atoms. The molecule has 0 aliphatic carbocycles. The fourth-order valence-corrected chi connectivity index (χ4v) is 1.90. The Labute approximate surface area is 133 Å². The molecular weight excluding hydrogens is 298 g/mol. The standard InChI is InChI=1S/C17H15NO5/c1-2-22-15-9-5-6-10-16(15)23-17(19)12-11-13-7-3-4-8-14(13)18(20)21/h3-12H,2H2,1H3/b12-11+. The Kier molecular flexibility index (Phi) is 5.46. The molecule has 0 saturated heterocycles. The number of carbonyl (C=O) groups is 1. The topological polar surface area (TPSA) is 78.7 Å². The lowest BCUT2D eigenvalue weighted by atomic mass is 10.1. The van der Waals surface area contributed by atoms with Gasteiger partial charge in [-0.3, -0.25) is 10.1 Å². The summed E-state index contributed by atoms with van der Waals surface area (Å²) in [7, 11) is 0. The first-order chi connectivity index (χ1) is 11.1. The summed E-state index contributed by atoms with van der Waals surface area (Å²) in [6.45, 7) is 2.27. The van der Waals surface area contributed by atoms with Gasteiger partial charge in [-0.2, -0.15) is 0 Å². The zero-order valence-electron chi connectivity index (χ0n) is 12.5. The van der Waals surface area contributed by atoms with Crippen molar-refractivity contribution in [2.75, 3.05) is 6.61 Å². The quantitative estimate of drug-likeness (QED) is 0.267. The summed E-state index contributed by atoms with van der Waals surface area (Å²) in [6, 6.07) is 12.9. The van der Waals surface area contributed by atoms with Crippen LogP contribution in [0.5, 0.6) is 11.5 Å². The molecule has 6 nitrogen and oxygen atoms in total. The molecule has 0 atom stereocenters. The summed E-state index contributed by atoms with van der Waals surface area (Å²) in [5.41, 5.74) is 0.249. The van der Waals surface area contributed by atoms with Crippen LogP contribution in [0.15, 0.2) is 54.6 Å². The Balaban J connectivity index is 2.13. The number of hydrogen-bond acceptors (Lipinski definition) is 5. The fourth-order valence-electron chi connectivity index (χ4n) is 1.90. The number of benzene rings is 2. The van der Waals surface area contributed by atoms with E-state index < -0.39 is 10.9 Å². The van der Waals surface area contributed by atoms with Gasteiger partial charge in [0.1, 0.15) is 0 Å². The maximum Gasteiger partial charge on any atom is 0.336 e. The van der Waals surface area contributed by atoms with E-state index in [1.54, 1.807) is 42.5 Å². The van der Waals surface area contributed by atoms with Crippen LogP contribution in [0.1, 0.15) is 12.5 Å². The van der Waals surface area contributed by atoms with Crippen molar-refractivity contribution in [1.82, 2.24) is 0 Å². The summed E-state index contributed by atoms with van der Waals surface area (Å²) in [5, 5.41) is 10.9. The van der Waals surface area contributed by atoms with Gasteiger partial charge in [-0.1, -0.05) is 24.3 Å². The van der Waals surface area contributed by atoms with Crippen molar-refractivity contribution in [2.24, 2.45) is 0 Å². The zero-order chi connectivity index (χ0) is 16.7. The van der Waals surface area contributed by atoms with Gasteiger partial charge >= 0.3 is 5.97 Å². The molecule has 0 radical (unpaired) electrons. The van der Waals surface area contributed by atoms with Crippen LogP contribution in [0.25, 0.3) is 6.08 Å². The van der Waals surface area contributed by atoms with Crippen molar-refractivity contribution < 1.29 is 19.2 Å². The SMILES string of the molecule is CCOc1ccccc1OC(=O)/C=C/c1ccccc1[N+](=O)[O-]. The number of nitrogens with zero attached hydrogens (tertiary/aromatic N) is 1. The maximum absolute atomic E-state index is 11.9. The molecule has 0 aromatic heterocycles. The van der Waals surface area contributed by atoms with Crippen molar-refractivity contribution in [2.45, 2.75) is 6.92 Å². The smallest absolute Gasteiger partial charge is 0.336 e. The van der Waals surface area contributed by atoms with E-state index in [9.17, 15) is 14.9 Å². The van der Waals surface area contributed by atoms with Gasteiger partial charge in [-0.15, -0.1) is 0 Å². The highest BCUT2D eigenvalue weighted by molar-refractivity contribution is 5.89. The predicted octanol–water partition coefficient (Wildman–Crippen LogP) is 3.61. The van der Waals surface area contributed by atoms with Gasteiger partial charge in [0, 0.05) is 12.1 Å². The van der Waals surface area contributed by atoms with Gasteiger partial charge < -0.3 is 9.47 Å². The fraction of sp³-hybridized carbons (Fsp3) is 0.118. The molecule has 6 heteroatoms. The number of esters is 1. The third kappa shape index (κ3) is 4.41. The molecule has 0 saturated carbocycles. The summed E-state index contributed by atoms with van der Waals surface area (Å²) >= 11 is 0. The normalized spacial score (nSPS) is 10.5. The van der Waals surface area contributed by atoms with E-state index in [-0.39, 0.29) is 5.69 Å². The summed E-state index contributed by atoms with van der Waals surface area (Å²) in [6.07, 6.45) is 2.49. The molecule has 0 fully saturated rings. The summed E-state index contributed by atoms with van der Waals surface area (Å²) in [4.78, 5) is 22.3. The van der Waals surface area contributed by atoms with E-state index in [1.807, 2.05) is 6.92 Å². The first kappa shape index (κ1) is 16.2. The number of nitro benzene ring substituents is 1. The lowest BCUT2D eigenvalue weighted by Gasteiger charge is -2.08. The minimum absolute atomic E-state index is 0.0775. The second-order valence-corrected chi connectivity index (χ2v) is 4.45. The molecule has 23 heavy (non-hydrogen) atoms. The Morgan fingerprint density at radius 3 is 2.48 bits per heavy atom. The van der Waals surface area contributed by atoms with Crippen molar-refractivity contribution in [1.29, 1.82) is 0 Å². The Morgan fingerprint density at radius 2 is 1.78 bits per heavy atom. The van der Waals surface area contributed by atoms with Crippen LogP contribution in [-0.4, -0.2) is 17.5 Å². The first-order valence-electron chi connectivity index (χ1n) is 6.97. The molecule has 118 valence electrons. The van der Waals surface area contributed by atoms with Crippen molar-refractivity contribution >= 4 is 17.7 Å². The van der Waals surface area contributed by atoms with Gasteiger partial charge in [0.05, 0.1) is 17.1 Å². The number of carbonyl (C=O) groups excluding carboxylic acids is 1. The second-order valence-electron chi connectivity index (χ2n) is 4.45. The van der Waals surface area contributed by atoms with Gasteiger partial charge in [0.2, 0.25) is 0 Å². The molecule has 0 unspecified atom stereocenters. The van der Waals surface area contributed by atoms with Crippen LogP contribution in [-0.2, 0) is 4.79 Å². The van der Waals surface area contributed by atoms with Crippen LogP contribution in [0.2, 0.25) is 0 Å². The van der Waals surface area contributed by atoms with Crippen LogP contribution in [0, 0.1) is 10.1 Å². The van der Waals surface area contributed by atoms with Crippen molar-refractivity contribution in [3.05, 3.63) is 70.3 Å². The minimum Gasteiger partial charge on any atom is -0.490 e. The van der Waals surface area contributed by atoms with E-state index in [1.165, 1.54) is 12.1 Å². The van der Waals surface area contributed by atoms with Crippen LogP contribution in [0.4, 0.5) is 5.69 Å². The highest BCUT2D eigenvalue weighted by Crippen LogP contribution is 2.26. The van der Waals surface area contributed by atoms with Gasteiger partial charge in [-0.05, 0) is 31.2 Å². The lowest BCUT2D eigenvalue weighted by molar-refractivity contribution is -0.385. The molecule has 0 aliphatic rings. The summed E-state index contributed by atoms with van der Waals surface area (Å²) < 4.78 is 10.6. The van der Waals surface area contributed by atoms with Gasteiger partial charge in [-0.25, -0.2) is 4.79 Å². The first-order valence-corrected chi connectivity index (χ1v) is 6.97. The average Bonchev–Trinajstić information content (AvgIpc) is 2.55. The highest BCUT2D eigenvalue weighted by Gasteiger charge is 2.11. The number of hydrogen-bond donors (Lipinski definition) is 0. The monoisotopic (exact) mass is 313 g/mol. The Morgan fingerprint density at radius 1 is 1.13 bits per heavy atom. The molecule has 0 aliphatic heterocycles. The average molecular weight is 313 g/mol. The Hall–Kier alpha value is -3.15. The number of rotatable bonds is 6. The number of para-hydroxylation sites is 3. The summed E-state index contributed by atoms with van der Waals surface area (Å²) in [5.74, 6) is 0.115. The number of ether oxygens (including phenoxy) is 2. The van der Waals surface area contributed by atoms with E-state index in [0.717, 1.165) is 6.08 Å². The van der Waals surface area contributed by atoms with Gasteiger partial charge in [0.25, 0.3) is 5.69 Å². The van der Waals surface area contributed by atoms with Crippen LogP contribution in [0.3, 0.4) is 0 Å². The minimum atomic E-state index is -0.643. The Bertz CT molecular complexity index is 739. The zero-order valence-corrected chi connectivity index (χ0v) is 12.5. The van der Waals surface area contributed by atoms with Crippen molar-refractivity contribution in [3.63, 3.8) is 0 Å². The molecule has 0 N–H and O–H groups in total. The molecule has 2 aromatic rings. The van der Waals surface area contributed by atoms with Crippen molar-refractivity contribution in [3.8, 4) is 11.5 Å². The van der Waals surface area contributed by atoms with E-state index in [4.69, 9.17) is 9.47 Å². The largest absolute Gasteiger partial charge is 0.490 e. The molecule has 0 amide bonds. The molecule has 0 heterocycles. The number of nitro groups is 1. The molecule has 0 bridgehead atoms. The van der Waals surface area contributed by atoms with E-state index >= 15 is 0 Å². The van der Waals surface area contributed by atoms with E-state index in [2.05, 4.69) is 0 Å². The predicted molar refractivity (Wildman–Crippen MR) is 85.4 cm³/mol. The molecule has 2 rings (SSSR count). The second kappa shape index (κ2) is 7.74. The van der Waals surface area contributed by atoms with E-state index in [0.29, 0.717) is 23.7 Å².